The second kappa shape index (κ2) is 6.07. The van der Waals surface area contributed by atoms with Crippen LogP contribution in [0.4, 0.5) is 0 Å². The van der Waals surface area contributed by atoms with E-state index in [1.807, 2.05) is 6.07 Å². The molecule has 0 bridgehead atoms. The van der Waals surface area contributed by atoms with E-state index in [0.29, 0.717) is 0 Å². The van der Waals surface area contributed by atoms with Crippen molar-refractivity contribution in [2.75, 3.05) is 19.6 Å². The molecule has 0 radical (unpaired) electrons. The second-order valence-electron chi connectivity index (χ2n) is 7.73. The first kappa shape index (κ1) is 16.5. The number of morpholine rings is 1. The highest BCUT2D eigenvalue weighted by molar-refractivity contribution is 5.20. The maximum atomic E-state index is 6.53. The Bertz CT molecular complexity index is 456. The normalized spacial score (nSPS) is 24.8. The molecule has 0 aromatic heterocycles. The molecule has 3 nitrogen and oxygen atoms in total. The van der Waals surface area contributed by atoms with Crippen LogP contribution in [0.5, 0.6) is 0 Å². The average molecular weight is 290 g/mol. The first-order chi connectivity index (χ1) is 9.70. The predicted molar refractivity (Wildman–Crippen MR) is 88.2 cm³/mol. The van der Waals surface area contributed by atoms with Crippen molar-refractivity contribution in [1.29, 1.82) is 0 Å². The lowest BCUT2D eigenvalue weighted by molar-refractivity contribution is -0.134. The summed E-state index contributed by atoms with van der Waals surface area (Å²) in [5.41, 5.74) is 7.69. The fourth-order valence-electron chi connectivity index (χ4n) is 3.49. The first-order valence-corrected chi connectivity index (χ1v) is 7.90. The maximum Gasteiger partial charge on any atom is 0.0757 e. The van der Waals surface area contributed by atoms with E-state index in [2.05, 4.69) is 63.8 Å². The van der Waals surface area contributed by atoms with E-state index < -0.39 is 0 Å². The van der Waals surface area contributed by atoms with Crippen molar-refractivity contribution in [2.45, 2.75) is 52.4 Å². The zero-order chi connectivity index (χ0) is 15.7. The summed E-state index contributed by atoms with van der Waals surface area (Å²) in [4.78, 5) is 2.50. The van der Waals surface area contributed by atoms with Gasteiger partial charge in [-0.15, -0.1) is 0 Å². The lowest BCUT2D eigenvalue weighted by Gasteiger charge is -2.45. The highest BCUT2D eigenvalue weighted by Crippen LogP contribution is 2.33. The van der Waals surface area contributed by atoms with Crippen molar-refractivity contribution in [2.24, 2.45) is 11.1 Å². The van der Waals surface area contributed by atoms with Crippen LogP contribution >= 0.6 is 0 Å². The van der Waals surface area contributed by atoms with Crippen LogP contribution in [0.3, 0.4) is 0 Å². The molecular formula is C18H30N2O. The van der Waals surface area contributed by atoms with Crippen LogP contribution in [-0.4, -0.2) is 36.2 Å². The Balaban J connectivity index is 2.06. The van der Waals surface area contributed by atoms with Gasteiger partial charge in [-0.25, -0.2) is 0 Å². The molecule has 1 aromatic carbocycles. The Morgan fingerprint density at radius 2 is 1.95 bits per heavy atom. The van der Waals surface area contributed by atoms with Gasteiger partial charge in [-0.3, -0.25) is 4.90 Å². The molecule has 1 fully saturated rings. The van der Waals surface area contributed by atoms with Gasteiger partial charge < -0.3 is 10.5 Å². The van der Waals surface area contributed by atoms with Crippen molar-refractivity contribution < 1.29 is 4.74 Å². The summed E-state index contributed by atoms with van der Waals surface area (Å²) in [7, 11) is 0. The fourth-order valence-corrected chi connectivity index (χ4v) is 3.49. The number of nitrogens with two attached hydrogens (primary N) is 1. The van der Waals surface area contributed by atoms with Crippen molar-refractivity contribution >= 4 is 0 Å². The third-order valence-corrected chi connectivity index (χ3v) is 4.27. The zero-order valence-electron chi connectivity index (χ0n) is 14.1. The molecule has 0 aliphatic carbocycles. The van der Waals surface area contributed by atoms with Gasteiger partial charge in [-0.2, -0.15) is 0 Å². The van der Waals surface area contributed by atoms with Gasteiger partial charge in [0.25, 0.3) is 0 Å². The van der Waals surface area contributed by atoms with Crippen LogP contribution in [0.2, 0.25) is 0 Å². The Morgan fingerprint density at radius 3 is 2.52 bits per heavy atom. The fraction of sp³-hybridized carbons (Fsp3) is 0.667. The molecule has 21 heavy (non-hydrogen) atoms. The van der Waals surface area contributed by atoms with E-state index in [-0.39, 0.29) is 23.2 Å². The van der Waals surface area contributed by atoms with Gasteiger partial charge in [-0.1, -0.05) is 44.2 Å². The molecule has 1 saturated heterocycles. The minimum absolute atomic E-state index is 0.0223. The smallest absolute Gasteiger partial charge is 0.0757 e. The highest BCUT2D eigenvalue weighted by atomic mass is 16.5. The van der Waals surface area contributed by atoms with Gasteiger partial charge >= 0.3 is 0 Å². The summed E-state index contributed by atoms with van der Waals surface area (Å²) < 4.78 is 5.99. The number of rotatable bonds is 4. The first-order valence-electron chi connectivity index (χ1n) is 7.90. The molecule has 2 atom stereocenters. The summed E-state index contributed by atoms with van der Waals surface area (Å²) in [6.07, 6.45) is 0.275. The lowest BCUT2D eigenvalue weighted by atomic mass is 9.80. The quantitative estimate of drug-likeness (QED) is 0.925. The molecule has 1 aromatic rings. The molecule has 1 aliphatic rings. The molecule has 118 valence electrons. The third-order valence-electron chi connectivity index (χ3n) is 4.27. The highest BCUT2D eigenvalue weighted by Gasteiger charge is 2.36. The lowest BCUT2D eigenvalue weighted by Crippen LogP contribution is -2.54. The van der Waals surface area contributed by atoms with Gasteiger partial charge in [0.2, 0.25) is 0 Å². The largest absolute Gasteiger partial charge is 0.370 e. The van der Waals surface area contributed by atoms with Crippen LogP contribution in [0, 0.1) is 5.41 Å². The molecule has 1 heterocycles. The van der Waals surface area contributed by atoms with Gasteiger partial charge in [0.05, 0.1) is 11.7 Å². The van der Waals surface area contributed by atoms with E-state index in [1.165, 1.54) is 5.56 Å². The van der Waals surface area contributed by atoms with Crippen molar-refractivity contribution in [3.63, 3.8) is 0 Å². The van der Waals surface area contributed by atoms with Crippen LogP contribution in [-0.2, 0) is 4.74 Å². The number of ether oxygens (including phenoxy) is 1. The minimum atomic E-state index is -0.0788. The van der Waals surface area contributed by atoms with Crippen molar-refractivity contribution in [3.05, 3.63) is 35.9 Å². The molecule has 2 rings (SSSR count). The van der Waals surface area contributed by atoms with Crippen LogP contribution < -0.4 is 5.73 Å². The number of hydrogen-bond donors (Lipinski definition) is 1. The van der Waals surface area contributed by atoms with E-state index in [0.717, 1.165) is 19.6 Å². The molecule has 2 unspecified atom stereocenters. The molecule has 3 heteroatoms. The Kier molecular flexibility index (Phi) is 4.76. The number of hydrogen-bond acceptors (Lipinski definition) is 3. The molecule has 0 saturated carbocycles. The van der Waals surface area contributed by atoms with E-state index in [1.54, 1.807) is 0 Å². The van der Waals surface area contributed by atoms with E-state index >= 15 is 0 Å². The predicted octanol–water partition coefficient (Wildman–Crippen LogP) is 3.21. The zero-order valence-corrected chi connectivity index (χ0v) is 14.1. The molecule has 0 spiro atoms. The second-order valence-corrected chi connectivity index (χ2v) is 7.73. The molecule has 0 amide bonds. The van der Waals surface area contributed by atoms with Gasteiger partial charge in [0.1, 0.15) is 0 Å². The van der Waals surface area contributed by atoms with E-state index in [9.17, 15) is 0 Å². The topological polar surface area (TPSA) is 38.5 Å². The molecule has 1 aliphatic heterocycles. The van der Waals surface area contributed by atoms with Gasteiger partial charge in [0.15, 0.2) is 0 Å². The van der Waals surface area contributed by atoms with Crippen LogP contribution in [0.25, 0.3) is 0 Å². The monoisotopic (exact) mass is 290 g/mol. The SMILES string of the molecule is CC1CN(CC(C)(C)C(N)c2ccccc2)CC(C)(C)O1. The summed E-state index contributed by atoms with van der Waals surface area (Å²) >= 11 is 0. The summed E-state index contributed by atoms with van der Waals surface area (Å²) in [6.45, 7) is 13.9. The number of nitrogens with zero attached hydrogens (tertiary/aromatic N) is 1. The van der Waals surface area contributed by atoms with Crippen molar-refractivity contribution in [1.82, 2.24) is 4.90 Å². The van der Waals surface area contributed by atoms with Gasteiger partial charge in [0, 0.05) is 25.7 Å². The molecule has 2 N–H and O–H groups in total. The standard InChI is InChI=1S/C18H30N2O/c1-14-11-20(13-18(4,5)21-14)12-17(2,3)16(19)15-9-7-6-8-10-15/h6-10,14,16H,11-13,19H2,1-5H3. The van der Waals surface area contributed by atoms with E-state index in [4.69, 9.17) is 10.5 Å². The Morgan fingerprint density at radius 1 is 1.33 bits per heavy atom. The summed E-state index contributed by atoms with van der Waals surface area (Å²) in [5, 5.41) is 0. The molecular weight excluding hydrogens is 260 g/mol. The number of benzene rings is 1. The van der Waals surface area contributed by atoms with Crippen LogP contribution in [0.1, 0.15) is 46.2 Å². The summed E-state index contributed by atoms with van der Waals surface area (Å²) in [5.74, 6) is 0. The average Bonchev–Trinajstić information content (AvgIpc) is 2.35. The third kappa shape index (κ3) is 4.29. The maximum absolute atomic E-state index is 6.53. The minimum Gasteiger partial charge on any atom is -0.370 e. The summed E-state index contributed by atoms with van der Waals surface area (Å²) in [6, 6.07) is 10.4. The van der Waals surface area contributed by atoms with Gasteiger partial charge in [-0.05, 0) is 31.7 Å². The Hall–Kier alpha value is -0.900. The van der Waals surface area contributed by atoms with Crippen molar-refractivity contribution in [3.8, 4) is 0 Å². The van der Waals surface area contributed by atoms with Crippen LogP contribution in [0.15, 0.2) is 30.3 Å². The Labute approximate surface area is 129 Å².